The molecule has 0 amide bonds. The smallest absolute Gasteiger partial charge is 0.0804 e. The van der Waals surface area contributed by atoms with Crippen molar-refractivity contribution in [1.82, 2.24) is 0 Å². The molecule has 1 heterocycles. The van der Waals surface area contributed by atoms with Crippen LogP contribution in [0.1, 0.15) is 36.1 Å². The fourth-order valence-electron chi connectivity index (χ4n) is 1.98. The lowest BCUT2D eigenvalue weighted by molar-refractivity contribution is 0.168. The normalized spacial score (nSPS) is 25.9. The van der Waals surface area contributed by atoms with Crippen molar-refractivity contribution in [2.75, 3.05) is 0 Å². The molecular formula is C12H15ClOS. The molecule has 0 fully saturated rings. The molecule has 1 unspecified atom stereocenters. The summed E-state index contributed by atoms with van der Waals surface area (Å²) in [6, 6.07) is 4.04. The van der Waals surface area contributed by atoms with Crippen LogP contribution >= 0.6 is 23.4 Å². The molecule has 1 N–H and O–H groups in total. The minimum Gasteiger partial charge on any atom is -0.388 e. The number of hydrogen-bond acceptors (Lipinski definition) is 2. The van der Waals surface area contributed by atoms with Crippen molar-refractivity contribution in [3.05, 3.63) is 33.8 Å². The molecule has 82 valence electrons. The van der Waals surface area contributed by atoms with Gasteiger partial charge in [0.1, 0.15) is 0 Å². The highest BCUT2D eigenvalue weighted by atomic mass is 35.5. The summed E-state index contributed by atoms with van der Waals surface area (Å²) < 4.78 is 0. The molecule has 0 aromatic heterocycles. The van der Waals surface area contributed by atoms with Crippen LogP contribution in [-0.2, 0) is 5.75 Å². The van der Waals surface area contributed by atoms with E-state index >= 15 is 0 Å². The van der Waals surface area contributed by atoms with Crippen LogP contribution in [0.2, 0.25) is 5.02 Å². The molecule has 0 aliphatic carbocycles. The topological polar surface area (TPSA) is 20.2 Å². The lowest BCUT2D eigenvalue weighted by atomic mass is 9.98. The Morgan fingerprint density at radius 3 is 2.93 bits per heavy atom. The van der Waals surface area contributed by atoms with Crippen molar-refractivity contribution in [1.29, 1.82) is 0 Å². The molecule has 1 aliphatic rings. The number of fused-ring (bicyclic) bond motifs is 1. The van der Waals surface area contributed by atoms with E-state index in [0.29, 0.717) is 5.25 Å². The van der Waals surface area contributed by atoms with Crippen LogP contribution in [0.5, 0.6) is 0 Å². The van der Waals surface area contributed by atoms with Gasteiger partial charge in [0.15, 0.2) is 0 Å². The van der Waals surface area contributed by atoms with Gasteiger partial charge in [0.05, 0.1) is 6.10 Å². The Morgan fingerprint density at radius 2 is 2.20 bits per heavy atom. The van der Waals surface area contributed by atoms with Crippen molar-refractivity contribution in [2.24, 2.45) is 0 Å². The van der Waals surface area contributed by atoms with Crippen LogP contribution in [0.4, 0.5) is 0 Å². The van der Waals surface area contributed by atoms with Crippen LogP contribution in [-0.4, -0.2) is 10.4 Å². The minimum atomic E-state index is -0.359. The van der Waals surface area contributed by atoms with Crippen LogP contribution in [0.15, 0.2) is 12.1 Å². The Bertz CT molecular complexity index is 378. The highest BCUT2D eigenvalue weighted by Gasteiger charge is 2.22. The Morgan fingerprint density at radius 1 is 1.47 bits per heavy atom. The average molecular weight is 243 g/mol. The molecule has 0 saturated heterocycles. The fourth-order valence-corrected chi connectivity index (χ4v) is 3.50. The number of hydrogen-bond donors (Lipinski definition) is 1. The van der Waals surface area contributed by atoms with Gasteiger partial charge in [-0.1, -0.05) is 24.6 Å². The molecule has 15 heavy (non-hydrogen) atoms. The standard InChI is InChI=1S/C12H15ClOS/c1-7-3-9-10(11(13)4-7)6-15-8(2)5-12(9)14/h3-4,8,12,14H,5-6H2,1-2H3/t8?,12-/m0/s1. The van der Waals surface area contributed by atoms with E-state index in [0.717, 1.165) is 33.9 Å². The van der Waals surface area contributed by atoms with Crippen LogP contribution in [0, 0.1) is 6.92 Å². The van der Waals surface area contributed by atoms with Crippen molar-refractivity contribution in [2.45, 2.75) is 37.4 Å². The summed E-state index contributed by atoms with van der Waals surface area (Å²) in [5, 5.41) is 11.4. The zero-order valence-electron chi connectivity index (χ0n) is 8.96. The highest BCUT2D eigenvalue weighted by Crippen LogP contribution is 2.38. The number of aryl methyl sites for hydroxylation is 1. The van der Waals surface area contributed by atoms with Crippen LogP contribution < -0.4 is 0 Å². The summed E-state index contributed by atoms with van der Waals surface area (Å²) in [5.41, 5.74) is 3.26. The van der Waals surface area contributed by atoms with Crippen LogP contribution in [0.25, 0.3) is 0 Å². The van der Waals surface area contributed by atoms with E-state index in [1.165, 1.54) is 0 Å². The van der Waals surface area contributed by atoms with Gasteiger partial charge in [-0.3, -0.25) is 0 Å². The minimum absolute atomic E-state index is 0.359. The second-order valence-electron chi connectivity index (χ2n) is 4.19. The highest BCUT2D eigenvalue weighted by molar-refractivity contribution is 7.99. The van der Waals surface area contributed by atoms with Gasteiger partial charge in [-0.25, -0.2) is 0 Å². The lowest BCUT2D eigenvalue weighted by Crippen LogP contribution is -2.04. The summed E-state index contributed by atoms with van der Waals surface area (Å²) >= 11 is 8.07. The molecule has 2 atom stereocenters. The molecular weight excluding hydrogens is 228 g/mol. The number of halogens is 1. The van der Waals surface area contributed by atoms with Crippen molar-refractivity contribution in [3.8, 4) is 0 Å². The maximum atomic E-state index is 10.1. The maximum Gasteiger partial charge on any atom is 0.0804 e. The van der Waals surface area contributed by atoms with Crippen molar-refractivity contribution < 1.29 is 5.11 Å². The van der Waals surface area contributed by atoms with E-state index in [4.69, 9.17) is 11.6 Å². The number of benzene rings is 1. The van der Waals surface area contributed by atoms with E-state index in [1.807, 2.05) is 24.8 Å². The number of aliphatic hydroxyl groups is 1. The Hall–Kier alpha value is -0.180. The van der Waals surface area contributed by atoms with Gasteiger partial charge in [0, 0.05) is 16.0 Å². The fraction of sp³-hybridized carbons (Fsp3) is 0.500. The van der Waals surface area contributed by atoms with Crippen molar-refractivity contribution in [3.63, 3.8) is 0 Å². The molecule has 0 spiro atoms. The third-order valence-corrected chi connectivity index (χ3v) is 4.35. The van der Waals surface area contributed by atoms with E-state index in [-0.39, 0.29) is 6.10 Å². The predicted molar refractivity (Wildman–Crippen MR) is 66.5 cm³/mol. The Balaban J connectivity index is 2.48. The Labute approximate surface area is 99.8 Å². The van der Waals surface area contributed by atoms with Gasteiger partial charge >= 0.3 is 0 Å². The molecule has 0 radical (unpaired) electrons. The Kier molecular flexibility index (Phi) is 3.29. The summed E-state index contributed by atoms with van der Waals surface area (Å²) in [6.45, 7) is 4.17. The number of thioether (sulfide) groups is 1. The molecule has 1 nitrogen and oxygen atoms in total. The first-order valence-corrected chi connectivity index (χ1v) is 6.59. The number of rotatable bonds is 0. The van der Waals surface area contributed by atoms with Gasteiger partial charge in [0.25, 0.3) is 0 Å². The third kappa shape index (κ3) is 2.32. The van der Waals surface area contributed by atoms with Gasteiger partial charge in [-0.05, 0) is 36.1 Å². The zero-order valence-corrected chi connectivity index (χ0v) is 10.5. The maximum absolute atomic E-state index is 10.1. The molecule has 0 saturated carbocycles. The summed E-state index contributed by atoms with van der Waals surface area (Å²) in [7, 11) is 0. The van der Waals surface area contributed by atoms with Gasteiger partial charge in [-0.15, -0.1) is 0 Å². The lowest BCUT2D eigenvalue weighted by Gasteiger charge is -2.14. The first-order chi connectivity index (χ1) is 7.08. The van der Waals surface area contributed by atoms with Gasteiger partial charge in [0.2, 0.25) is 0 Å². The molecule has 2 rings (SSSR count). The first-order valence-electron chi connectivity index (χ1n) is 5.16. The molecule has 1 aromatic carbocycles. The zero-order chi connectivity index (χ0) is 11.0. The van der Waals surface area contributed by atoms with E-state index < -0.39 is 0 Å². The summed E-state index contributed by atoms with van der Waals surface area (Å²) in [5.74, 6) is 0.909. The van der Waals surface area contributed by atoms with Crippen LogP contribution in [0.3, 0.4) is 0 Å². The largest absolute Gasteiger partial charge is 0.388 e. The van der Waals surface area contributed by atoms with E-state index in [2.05, 4.69) is 13.0 Å². The second kappa shape index (κ2) is 4.36. The van der Waals surface area contributed by atoms with Gasteiger partial charge in [-0.2, -0.15) is 11.8 Å². The third-order valence-electron chi connectivity index (χ3n) is 2.80. The predicted octanol–water partition coefficient (Wildman–Crippen LogP) is 3.71. The summed E-state index contributed by atoms with van der Waals surface area (Å²) in [6.07, 6.45) is 0.458. The summed E-state index contributed by atoms with van der Waals surface area (Å²) in [4.78, 5) is 0. The molecule has 1 aliphatic heterocycles. The second-order valence-corrected chi connectivity index (χ2v) is 6.02. The first kappa shape index (κ1) is 11.3. The van der Waals surface area contributed by atoms with E-state index in [9.17, 15) is 5.11 Å². The molecule has 3 heteroatoms. The monoisotopic (exact) mass is 242 g/mol. The van der Waals surface area contributed by atoms with Crippen molar-refractivity contribution >= 4 is 23.4 Å². The van der Waals surface area contributed by atoms with Gasteiger partial charge < -0.3 is 5.11 Å². The number of aliphatic hydroxyl groups excluding tert-OH is 1. The quantitative estimate of drug-likeness (QED) is 0.749. The average Bonchev–Trinajstić information content (AvgIpc) is 2.27. The molecule has 0 bridgehead atoms. The van der Waals surface area contributed by atoms with E-state index in [1.54, 1.807) is 0 Å². The SMILES string of the molecule is Cc1cc(Cl)c2c(c1)[C@@H](O)CC(C)SC2. The molecule has 1 aromatic rings.